The average molecular weight is 393 g/mol. The molecule has 20 heavy (non-hydrogen) atoms. The molecule has 3 rings (SSSR count). The number of rotatable bonds is 2. The number of hydrogen-bond donors (Lipinski definition) is 1. The van der Waals surface area contributed by atoms with Crippen LogP contribution >= 0.6 is 31.9 Å². The first-order chi connectivity index (χ1) is 9.58. The number of nitrogens with one attached hydrogen (secondary N) is 1. The third kappa shape index (κ3) is 2.23. The van der Waals surface area contributed by atoms with Crippen LogP contribution in [-0.2, 0) is 0 Å². The van der Waals surface area contributed by atoms with Crippen molar-refractivity contribution in [3.63, 3.8) is 0 Å². The zero-order valence-electron chi connectivity index (χ0n) is 10.7. The van der Waals surface area contributed by atoms with E-state index < -0.39 is 0 Å². The SMILES string of the molecule is Cc1ccc(Br)cc1C(=O)c1c[nH]c2cccc(Br)c12. The van der Waals surface area contributed by atoms with Crippen LogP contribution in [-0.4, -0.2) is 10.8 Å². The molecule has 0 saturated carbocycles. The van der Waals surface area contributed by atoms with Gasteiger partial charge in [0.15, 0.2) is 5.78 Å². The Kier molecular flexibility index (Phi) is 3.52. The summed E-state index contributed by atoms with van der Waals surface area (Å²) in [6.07, 6.45) is 1.78. The van der Waals surface area contributed by atoms with E-state index in [1.807, 2.05) is 43.3 Å². The first-order valence-electron chi connectivity index (χ1n) is 6.14. The van der Waals surface area contributed by atoms with Gasteiger partial charge in [0.2, 0.25) is 0 Å². The molecule has 1 heterocycles. The Morgan fingerprint density at radius 2 is 1.90 bits per heavy atom. The fourth-order valence-electron chi connectivity index (χ4n) is 2.30. The number of hydrogen-bond acceptors (Lipinski definition) is 1. The van der Waals surface area contributed by atoms with Crippen LogP contribution < -0.4 is 0 Å². The normalized spacial score (nSPS) is 10.9. The van der Waals surface area contributed by atoms with Crippen LogP contribution in [0.5, 0.6) is 0 Å². The maximum absolute atomic E-state index is 12.8. The first-order valence-corrected chi connectivity index (χ1v) is 7.73. The quantitative estimate of drug-likeness (QED) is 0.595. The molecule has 0 spiro atoms. The number of ketones is 1. The number of aromatic amines is 1. The number of carbonyl (C=O) groups excluding carboxylic acids is 1. The number of benzene rings is 2. The van der Waals surface area contributed by atoms with Crippen LogP contribution in [0.4, 0.5) is 0 Å². The summed E-state index contributed by atoms with van der Waals surface area (Å²) in [5, 5.41) is 0.928. The number of carbonyl (C=O) groups is 1. The molecule has 4 heteroatoms. The third-order valence-corrected chi connectivity index (χ3v) is 4.50. The van der Waals surface area contributed by atoms with Crippen LogP contribution in [0.3, 0.4) is 0 Å². The van der Waals surface area contributed by atoms with Crippen LogP contribution in [0, 0.1) is 6.92 Å². The van der Waals surface area contributed by atoms with Gasteiger partial charge in [0.1, 0.15) is 0 Å². The fraction of sp³-hybridized carbons (Fsp3) is 0.0625. The van der Waals surface area contributed by atoms with Crippen molar-refractivity contribution < 1.29 is 4.79 Å². The second-order valence-corrected chi connectivity index (χ2v) is 6.42. The van der Waals surface area contributed by atoms with Gasteiger partial charge in [-0.1, -0.05) is 44.0 Å². The van der Waals surface area contributed by atoms with Gasteiger partial charge in [-0.3, -0.25) is 4.79 Å². The van der Waals surface area contributed by atoms with Crippen molar-refractivity contribution in [3.8, 4) is 0 Å². The minimum absolute atomic E-state index is 0.0296. The van der Waals surface area contributed by atoms with Crippen molar-refractivity contribution in [2.75, 3.05) is 0 Å². The van der Waals surface area contributed by atoms with Gasteiger partial charge in [-0.05, 0) is 36.8 Å². The lowest BCUT2D eigenvalue weighted by atomic mass is 9.99. The van der Waals surface area contributed by atoms with Gasteiger partial charge in [-0.25, -0.2) is 0 Å². The number of aryl methyl sites for hydroxylation is 1. The Hall–Kier alpha value is -1.39. The van der Waals surface area contributed by atoms with Crippen molar-refractivity contribution in [3.05, 3.63) is 68.2 Å². The molecule has 0 aliphatic heterocycles. The Balaban J connectivity index is 2.21. The topological polar surface area (TPSA) is 32.9 Å². The van der Waals surface area contributed by atoms with E-state index in [1.165, 1.54) is 0 Å². The zero-order chi connectivity index (χ0) is 14.3. The summed E-state index contributed by atoms with van der Waals surface area (Å²) in [7, 11) is 0. The van der Waals surface area contributed by atoms with E-state index in [9.17, 15) is 4.79 Å². The van der Waals surface area contributed by atoms with Crippen molar-refractivity contribution in [2.45, 2.75) is 6.92 Å². The van der Waals surface area contributed by atoms with E-state index in [4.69, 9.17) is 0 Å². The van der Waals surface area contributed by atoms with E-state index in [0.717, 1.165) is 31.0 Å². The number of fused-ring (bicyclic) bond motifs is 1. The molecule has 0 radical (unpaired) electrons. The van der Waals surface area contributed by atoms with Crippen LogP contribution in [0.2, 0.25) is 0 Å². The second kappa shape index (κ2) is 5.19. The highest BCUT2D eigenvalue weighted by molar-refractivity contribution is 9.11. The van der Waals surface area contributed by atoms with Crippen molar-refractivity contribution >= 4 is 48.5 Å². The fourth-order valence-corrected chi connectivity index (χ4v) is 3.24. The second-order valence-electron chi connectivity index (χ2n) is 4.65. The maximum atomic E-state index is 12.8. The molecule has 2 nitrogen and oxygen atoms in total. The van der Waals surface area contributed by atoms with Gasteiger partial charge < -0.3 is 4.98 Å². The van der Waals surface area contributed by atoms with Gasteiger partial charge in [0, 0.05) is 37.2 Å². The predicted molar refractivity (Wildman–Crippen MR) is 88.3 cm³/mol. The highest BCUT2D eigenvalue weighted by Gasteiger charge is 2.17. The molecule has 2 aromatic carbocycles. The third-order valence-electron chi connectivity index (χ3n) is 3.34. The largest absolute Gasteiger partial charge is 0.360 e. The van der Waals surface area contributed by atoms with Crippen LogP contribution in [0.15, 0.2) is 51.5 Å². The predicted octanol–water partition coefficient (Wildman–Crippen LogP) is 5.23. The smallest absolute Gasteiger partial charge is 0.195 e. The Morgan fingerprint density at radius 3 is 2.70 bits per heavy atom. The van der Waals surface area contributed by atoms with Crippen molar-refractivity contribution in [1.82, 2.24) is 4.98 Å². The lowest BCUT2D eigenvalue weighted by Gasteiger charge is -2.05. The van der Waals surface area contributed by atoms with E-state index in [-0.39, 0.29) is 5.78 Å². The first kappa shape index (κ1) is 13.6. The van der Waals surface area contributed by atoms with Crippen molar-refractivity contribution in [1.29, 1.82) is 0 Å². The maximum Gasteiger partial charge on any atom is 0.195 e. The molecular formula is C16H11Br2NO. The van der Waals surface area contributed by atoms with E-state index in [1.54, 1.807) is 6.20 Å². The molecule has 0 aliphatic rings. The summed E-state index contributed by atoms with van der Waals surface area (Å²) in [6.45, 7) is 1.95. The minimum atomic E-state index is 0.0296. The van der Waals surface area contributed by atoms with E-state index in [0.29, 0.717) is 5.56 Å². The molecular weight excluding hydrogens is 382 g/mol. The minimum Gasteiger partial charge on any atom is -0.360 e. The Morgan fingerprint density at radius 1 is 1.10 bits per heavy atom. The lowest BCUT2D eigenvalue weighted by Crippen LogP contribution is -2.03. The molecule has 0 saturated heterocycles. The zero-order valence-corrected chi connectivity index (χ0v) is 13.9. The summed E-state index contributed by atoms with van der Waals surface area (Å²) in [4.78, 5) is 15.9. The summed E-state index contributed by atoms with van der Waals surface area (Å²) < 4.78 is 1.83. The average Bonchev–Trinajstić information content (AvgIpc) is 2.86. The van der Waals surface area contributed by atoms with Gasteiger partial charge >= 0.3 is 0 Å². The molecule has 1 aromatic heterocycles. The van der Waals surface area contributed by atoms with Gasteiger partial charge in [0.25, 0.3) is 0 Å². The van der Waals surface area contributed by atoms with Gasteiger partial charge in [0.05, 0.1) is 0 Å². The number of aromatic nitrogens is 1. The van der Waals surface area contributed by atoms with E-state index >= 15 is 0 Å². The van der Waals surface area contributed by atoms with Crippen molar-refractivity contribution in [2.24, 2.45) is 0 Å². The molecule has 1 N–H and O–H groups in total. The molecule has 3 aromatic rings. The summed E-state index contributed by atoms with van der Waals surface area (Å²) in [6, 6.07) is 11.6. The summed E-state index contributed by atoms with van der Waals surface area (Å²) >= 11 is 6.94. The van der Waals surface area contributed by atoms with Crippen LogP contribution in [0.1, 0.15) is 21.5 Å². The molecule has 0 atom stereocenters. The highest BCUT2D eigenvalue weighted by Crippen LogP contribution is 2.29. The molecule has 0 bridgehead atoms. The van der Waals surface area contributed by atoms with Gasteiger partial charge in [-0.15, -0.1) is 0 Å². The number of halogens is 2. The Labute approximate surface area is 133 Å². The molecule has 100 valence electrons. The summed E-state index contributed by atoms with van der Waals surface area (Å²) in [5.74, 6) is 0.0296. The molecule has 0 unspecified atom stereocenters. The molecule has 0 amide bonds. The standard InChI is InChI=1S/C16H11Br2NO/c1-9-5-6-10(17)7-11(9)16(20)12-8-19-14-4-2-3-13(18)15(12)14/h2-8,19H,1H3. The molecule has 0 fully saturated rings. The monoisotopic (exact) mass is 391 g/mol. The van der Waals surface area contributed by atoms with E-state index in [2.05, 4.69) is 36.8 Å². The lowest BCUT2D eigenvalue weighted by molar-refractivity contribution is 0.103. The van der Waals surface area contributed by atoms with Gasteiger partial charge in [-0.2, -0.15) is 0 Å². The number of H-pyrrole nitrogens is 1. The summed E-state index contributed by atoms with van der Waals surface area (Å²) in [5.41, 5.74) is 3.33. The molecule has 0 aliphatic carbocycles. The highest BCUT2D eigenvalue weighted by atomic mass is 79.9. The Bertz CT molecular complexity index is 820. The van der Waals surface area contributed by atoms with Crippen LogP contribution in [0.25, 0.3) is 10.9 Å².